The number of nitrogens with zero attached hydrogens (tertiary/aromatic N) is 1. The Morgan fingerprint density at radius 3 is 2.57 bits per heavy atom. The molecule has 1 heterocycles. The third kappa shape index (κ3) is 4.94. The van der Waals surface area contributed by atoms with Crippen LogP contribution < -0.4 is 10.1 Å². The number of hydrogen-bond donors (Lipinski definition) is 1. The Labute approximate surface area is 131 Å². The van der Waals surface area contributed by atoms with Gasteiger partial charge in [0, 0.05) is 6.54 Å². The SMILES string of the molecule is CCCCOc1ccc(CNc2ccc(Cl)nc2C)cc1. The Morgan fingerprint density at radius 1 is 1.14 bits per heavy atom. The maximum atomic E-state index is 5.85. The molecule has 0 saturated carbocycles. The first-order valence-electron chi connectivity index (χ1n) is 7.28. The van der Waals surface area contributed by atoms with Gasteiger partial charge >= 0.3 is 0 Å². The van der Waals surface area contributed by atoms with Crippen molar-refractivity contribution in [3.05, 3.63) is 52.8 Å². The first-order chi connectivity index (χ1) is 10.2. The maximum Gasteiger partial charge on any atom is 0.129 e. The van der Waals surface area contributed by atoms with Gasteiger partial charge in [0.2, 0.25) is 0 Å². The van der Waals surface area contributed by atoms with E-state index in [1.54, 1.807) is 6.07 Å². The second-order valence-corrected chi connectivity index (χ2v) is 5.35. The van der Waals surface area contributed by atoms with Crippen molar-refractivity contribution in [2.75, 3.05) is 11.9 Å². The van der Waals surface area contributed by atoms with Crippen molar-refractivity contribution in [1.29, 1.82) is 0 Å². The minimum absolute atomic E-state index is 0.520. The van der Waals surface area contributed by atoms with E-state index in [0.29, 0.717) is 5.15 Å². The molecule has 21 heavy (non-hydrogen) atoms. The number of nitrogens with one attached hydrogen (secondary N) is 1. The minimum Gasteiger partial charge on any atom is -0.494 e. The van der Waals surface area contributed by atoms with Crippen molar-refractivity contribution in [3.8, 4) is 5.75 Å². The summed E-state index contributed by atoms with van der Waals surface area (Å²) in [4.78, 5) is 4.22. The molecule has 0 bridgehead atoms. The summed E-state index contributed by atoms with van der Waals surface area (Å²) in [5.41, 5.74) is 3.11. The standard InChI is InChI=1S/C17H21ClN2O/c1-3-4-11-21-15-7-5-14(6-8-15)12-19-16-9-10-17(18)20-13(16)2/h5-10,19H,3-4,11-12H2,1-2H3. The number of halogens is 1. The van der Waals surface area contributed by atoms with Gasteiger partial charge in [0.05, 0.1) is 18.0 Å². The fourth-order valence-electron chi connectivity index (χ4n) is 1.95. The molecule has 0 radical (unpaired) electrons. The van der Waals surface area contributed by atoms with Crippen LogP contribution in [-0.4, -0.2) is 11.6 Å². The average Bonchev–Trinajstić information content (AvgIpc) is 2.48. The maximum absolute atomic E-state index is 5.85. The highest BCUT2D eigenvalue weighted by Crippen LogP contribution is 2.18. The smallest absolute Gasteiger partial charge is 0.129 e. The van der Waals surface area contributed by atoms with E-state index in [1.165, 1.54) is 5.56 Å². The van der Waals surface area contributed by atoms with E-state index in [-0.39, 0.29) is 0 Å². The van der Waals surface area contributed by atoms with Crippen molar-refractivity contribution in [3.63, 3.8) is 0 Å². The van der Waals surface area contributed by atoms with Crippen molar-refractivity contribution in [1.82, 2.24) is 4.98 Å². The number of anilines is 1. The number of pyridine rings is 1. The lowest BCUT2D eigenvalue weighted by Crippen LogP contribution is -2.02. The highest BCUT2D eigenvalue weighted by molar-refractivity contribution is 6.29. The van der Waals surface area contributed by atoms with Crippen molar-refractivity contribution < 1.29 is 4.74 Å². The second kappa shape index (κ2) is 7.89. The van der Waals surface area contributed by atoms with Crippen LogP contribution in [-0.2, 0) is 6.54 Å². The summed E-state index contributed by atoms with van der Waals surface area (Å²) in [7, 11) is 0. The van der Waals surface area contributed by atoms with Crippen LogP contribution >= 0.6 is 11.6 Å². The zero-order valence-corrected chi connectivity index (χ0v) is 13.3. The second-order valence-electron chi connectivity index (χ2n) is 4.97. The quantitative estimate of drug-likeness (QED) is 0.587. The van der Waals surface area contributed by atoms with Gasteiger partial charge in [0.25, 0.3) is 0 Å². The molecule has 2 aromatic rings. The minimum atomic E-state index is 0.520. The Kier molecular flexibility index (Phi) is 5.88. The Morgan fingerprint density at radius 2 is 1.90 bits per heavy atom. The van der Waals surface area contributed by atoms with Crippen LogP contribution in [0.1, 0.15) is 31.0 Å². The molecule has 0 saturated heterocycles. The van der Waals surface area contributed by atoms with Crippen LogP contribution in [0.3, 0.4) is 0 Å². The van der Waals surface area contributed by atoms with E-state index >= 15 is 0 Å². The number of unbranched alkanes of at least 4 members (excludes halogenated alkanes) is 1. The Balaban J connectivity index is 1.88. The molecular formula is C17H21ClN2O. The summed E-state index contributed by atoms with van der Waals surface area (Å²) in [6.45, 7) is 5.63. The third-order valence-corrected chi connectivity index (χ3v) is 3.44. The molecule has 3 nitrogen and oxygen atoms in total. The van der Waals surface area contributed by atoms with Gasteiger partial charge in [0.1, 0.15) is 10.9 Å². The van der Waals surface area contributed by atoms with Gasteiger partial charge in [-0.2, -0.15) is 0 Å². The average molecular weight is 305 g/mol. The topological polar surface area (TPSA) is 34.1 Å². The monoisotopic (exact) mass is 304 g/mol. The molecule has 0 spiro atoms. The predicted molar refractivity (Wildman–Crippen MR) is 88.2 cm³/mol. The summed E-state index contributed by atoms with van der Waals surface area (Å²) in [5.74, 6) is 0.927. The number of ether oxygens (including phenoxy) is 1. The van der Waals surface area contributed by atoms with Crippen LogP contribution in [0.15, 0.2) is 36.4 Å². The highest BCUT2D eigenvalue weighted by Gasteiger charge is 2.01. The molecule has 4 heteroatoms. The first-order valence-corrected chi connectivity index (χ1v) is 7.65. The number of rotatable bonds is 7. The van der Waals surface area contributed by atoms with Crippen LogP contribution in [0.5, 0.6) is 5.75 Å². The van der Waals surface area contributed by atoms with E-state index in [2.05, 4.69) is 29.4 Å². The summed E-state index contributed by atoms with van der Waals surface area (Å²) in [6.07, 6.45) is 2.24. The molecule has 1 N–H and O–H groups in total. The van der Waals surface area contributed by atoms with Crippen molar-refractivity contribution in [2.45, 2.75) is 33.2 Å². The zero-order chi connectivity index (χ0) is 15.1. The normalized spacial score (nSPS) is 10.4. The molecule has 0 unspecified atom stereocenters. The molecule has 0 atom stereocenters. The summed E-state index contributed by atoms with van der Waals surface area (Å²) in [5, 5.41) is 3.89. The molecule has 0 aliphatic carbocycles. The van der Waals surface area contributed by atoms with E-state index in [9.17, 15) is 0 Å². The summed E-state index contributed by atoms with van der Waals surface area (Å²) >= 11 is 5.85. The zero-order valence-electron chi connectivity index (χ0n) is 12.5. The lowest BCUT2D eigenvalue weighted by atomic mass is 10.2. The molecule has 2 rings (SSSR count). The molecule has 0 fully saturated rings. The number of benzene rings is 1. The molecule has 1 aromatic carbocycles. The van der Waals surface area contributed by atoms with Gasteiger partial charge in [-0.3, -0.25) is 0 Å². The van der Waals surface area contributed by atoms with E-state index in [1.807, 2.05) is 25.1 Å². The Bertz CT molecular complexity index is 570. The fourth-order valence-corrected chi connectivity index (χ4v) is 2.14. The van der Waals surface area contributed by atoms with Crippen molar-refractivity contribution >= 4 is 17.3 Å². The van der Waals surface area contributed by atoms with Gasteiger partial charge in [-0.05, 0) is 43.2 Å². The largest absolute Gasteiger partial charge is 0.494 e. The van der Waals surface area contributed by atoms with Crippen LogP contribution in [0.4, 0.5) is 5.69 Å². The number of aryl methyl sites for hydroxylation is 1. The van der Waals surface area contributed by atoms with E-state index < -0.39 is 0 Å². The lowest BCUT2D eigenvalue weighted by molar-refractivity contribution is 0.309. The molecule has 1 aromatic heterocycles. The molecule has 0 aliphatic heterocycles. The molecule has 0 amide bonds. The summed E-state index contributed by atoms with van der Waals surface area (Å²) in [6, 6.07) is 11.9. The molecule has 0 aliphatic rings. The lowest BCUT2D eigenvalue weighted by Gasteiger charge is -2.10. The number of hydrogen-bond acceptors (Lipinski definition) is 3. The van der Waals surface area contributed by atoms with Gasteiger partial charge < -0.3 is 10.1 Å². The van der Waals surface area contributed by atoms with Crippen LogP contribution in [0, 0.1) is 6.92 Å². The van der Waals surface area contributed by atoms with Crippen LogP contribution in [0.2, 0.25) is 5.15 Å². The van der Waals surface area contributed by atoms with Gasteiger partial charge in [-0.25, -0.2) is 4.98 Å². The van der Waals surface area contributed by atoms with Crippen LogP contribution in [0.25, 0.3) is 0 Å². The van der Waals surface area contributed by atoms with Gasteiger partial charge in [0.15, 0.2) is 0 Å². The van der Waals surface area contributed by atoms with Gasteiger partial charge in [-0.1, -0.05) is 37.1 Å². The first kappa shape index (κ1) is 15.6. The highest BCUT2D eigenvalue weighted by atomic mass is 35.5. The van der Waals surface area contributed by atoms with E-state index in [0.717, 1.165) is 43.1 Å². The predicted octanol–water partition coefficient (Wildman–Crippen LogP) is 4.83. The molecular weight excluding hydrogens is 284 g/mol. The third-order valence-electron chi connectivity index (χ3n) is 3.22. The van der Waals surface area contributed by atoms with E-state index in [4.69, 9.17) is 16.3 Å². The fraction of sp³-hybridized carbons (Fsp3) is 0.353. The summed E-state index contributed by atoms with van der Waals surface area (Å²) < 4.78 is 5.65. The van der Waals surface area contributed by atoms with Gasteiger partial charge in [-0.15, -0.1) is 0 Å². The number of aromatic nitrogens is 1. The van der Waals surface area contributed by atoms with Crippen molar-refractivity contribution in [2.24, 2.45) is 0 Å². The molecule has 112 valence electrons. The Hall–Kier alpha value is -1.74.